The zero-order valence-electron chi connectivity index (χ0n) is 18.1. The molecule has 0 aliphatic heterocycles. The van der Waals surface area contributed by atoms with Crippen molar-refractivity contribution in [3.8, 4) is 11.3 Å². The van der Waals surface area contributed by atoms with Crippen LogP contribution in [0.5, 0.6) is 0 Å². The molecule has 6 rings (SSSR count). The largest absolute Gasteiger partial charge is 0.393 e. The third-order valence-corrected chi connectivity index (χ3v) is 6.87. The topological polar surface area (TPSA) is 130 Å². The number of pyridine rings is 1. The van der Waals surface area contributed by atoms with Crippen LogP contribution in [-0.2, 0) is 0 Å². The number of nitrogens with one attached hydrogen (secondary N) is 2. The first-order chi connectivity index (χ1) is 16.0. The van der Waals surface area contributed by atoms with Gasteiger partial charge in [-0.25, -0.2) is 9.97 Å². The monoisotopic (exact) mass is 447 g/mol. The molecule has 10 heteroatoms. The Bertz CT molecular complexity index is 1370. The standard InChI is InChI=1S/C23H25N7O3/c1-24-20-9-18(16-11-29(12-7-13(31)8-12)21-14(16)3-2-6-25-21)27-22-15(10-26-30(20)22)23(33)28-17-4-5-19(17)32/h2-3,6,9-13,17,19,24,31-32H,4-5,7-8H2,1H3,(H,28,33)/t12?,13?,17-,19-/m1/s1. The Morgan fingerprint density at radius 1 is 1.21 bits per heavy atom. The second-order valence-electron chi connectivity index (χ2n) is 8.90. The molecule has 4 heterocycles. The maximum absolute atomic E-state index is 12.9. The van der Waals surface area contributed by atoms with Crippen LogP contribution in [0.3, 0.4) is 0 Å². The molecule has 4 N–H and O–H groups in total. The van der Waals surface area contributed by atoms with Crippen LogP contribution in [0.1, 0.15) is 42.1 Å². The molecular weight excluding hydrogens is 422 g/mol. The number of carbonyl (C=O) groups excluding carboxylic acids is 1. The molecule has 0 spiro atoms. The number of aliphatic hydroxyl groups excluding tert-OH is 2. The zero-order valence-corrected chi connectivity index (χ0v) is 18.1. The van der Waals surface area contributed by atoms with Gasteiger partial charge in [0.15, 0.2) is 5.65 Å². The average molecular weight is 447 g/mol. The predicted octanol–water partition coefficient (Wildman–Crippen LogP) is 1.74. The lowest BCUT2D eigenvalue weighted by Crippen LogP contribution is -2.50. The van der Waals surface area contributed by atoms with Gasteiger partial charge in [-0.1, -0.05) is 0 Å². The molecule has 0 bridgehead atoms. The summed E-state index contributed by atoms with van der Waals surface area (Å²) in [5, 5.41) is 31.0. The SMILES string of the molecule is CNc1cc(-c2cn(C3CC(O)C3)c3ncccc23)nc2c(C(=O)N[C@@H]3CC[C@H]3O)cnn12. The zero-order chi connectivity index (χ0) is 22.7. The minimum absolute atomic E-state index is 0.198. The third-order valence-electron chi connectivity index (χ3n) is 6.87. The fourth-order valence-electron chi connectivity index (χ4n) is 4.69. The van der Waals surface area contributed by atoms with Crippen LogP contribution >= 0.6 is 0 Å². The summed E-state index contributed by atoms with van der Waals surface area (Å²) in [5.41, 5.74) is 3.24. The maximum atomic E-state index is 12.9. The second-order valence-corrected chi connectivity index (χ2v) is 8.90. The molecule has 10 nitrogen and oxygen atoms in total. The van der Waals surface area contributed by atoms with Gasteiger partial charge in [-0.2, -0.15) is 9.61 Å². The van der Waals surface area contributed by atoms with Crippen molar-refractivity contribution >= 4 is 28.4 Å². The number of aromatic nitrogens is 5. The normalized spacial score (nSPS) is 24.5. The molecule has 0 unspecified atom stereocenters. The predicted molar refractivity (Wildman–Crippen MR) is 122 cm³/mol. The summed E-state index contributed by atoms with van der Waals surface area (Å²) in [4.78, 5) is 22.3. The van der Waals surface area contributed by atoms with Crippen LogP contribution in [0.2, 0.25) is 0 Å². The molecule has 2 saturated carbocycles. The van der Waals surface area contributed by atoms with Gasteiger partial charge in [-0.3, -0.25) is 4.79 Å². The molecule has 0 radical (unpaired) electrons. The van der Waals surface area contributed by atoms with Gasteiger partial charge in [0.05, 0.1) is 30.1 Å². The molecule has 33 heavy (non-hydrogen) atoms. The van der Waals surface area contributed by atoms with E-state index >= 15 is 0 Å². The minimum Gasteiger partial charge on any atom is -0.393 e. The molecule has 170 valence electrons. The Balaban J connectivity index is 1.46. The molecule has 2 aliphatic carbocycles. The highest BCUT2D eigenvalue weighted by atomic mass is 16.3. The molecule has 0 aromatic carbocycles. The lowest BCUT2D eigenvalue weighted by molar-refractivity contribution is 0.0448. The van der Waals surface area contributed by atoms with Crippen molar-refractivity contribution in [3.63, 3.8) is 0 Å². The first kappa shape index (κ1) is 20.1. The minimum atomic E-state index is -0.504. The molecular formula is C23H25N7O3. The Kier molecular flexibility index (Phi) is 4.59. The van der Waals surface area contributed by atoms with E-state index in [9.17, 15) is 15.0 Å². The van der Waals surface area contributed by atoms with Crippen LogP contribution in [0.4, 0.5) is 5.82 Å². The molecule has 4 aromatic heterocycles. The van der Waals surface area contributed by atoms with E-state index in [4.69, 9.17) is 4.98 Å². The Morgan fingerprint density at radius 3 is 2.76 bits per heavy atom. The summed E-state index contributed by atoms with van der Waals surface area (Å²) >= 11 is 0. The van der Waals surface area contributed by atoms with E-state index in [0.29, 0.717) is 42.0 Å². The van der Waals surface area contributed by atoms with E-state index in [2.05, 4.69) is 25.3 Å². The van der Waals surface area contributed by atoms with Gasteiger partial charge >= 0.3 is 0 Å². The fourth-order valence-corrected chi connectivity index (χ4v) is 4.69. The Labute approximate surface area is 189 Å². The van der Waals surface area contributed by atoms with E-state index in [1.807, 2.05) is 24.4 Å². The van der Waals surface area contributed by atoms with Crippen LogP contribution < -0.4 is 10.6 Å². The van der Waals surface area contributed by atoms with Gasteiger partial charge in [0.1, 0.15) is 17.0 Å². The molecule has 4 aromatic rings. The smallest absolute Gasteiger partial charge is 0.257 e. The summed E-state index contributed by atoms with van der Waals surface area (Å²) in [6.07, 6.45) is 7.39. The number of rotatable bonds is 5. The van der Waals surface area contributed by atoms with Crippen LogP contribution in [0.25, 0.3) is 27.9 Å². The van der Waals surface area contributed by atoms with E-state index in [1.165, 1.54) is 6.20 Å². The Hall–Kier alpha value is -3.50. The van der Waals surface area contributed by atoms with Gasteiger partial charge in [0.25, 0.3) is 5.91 Å². The summed E-state index contributed by atoms with van der Waals surface area (Å²) in [7, 11) is 1.80. The number of aliphatic hydroxyl groups is 2. The number of amides is 1. The van der Waals surface area contributed by atoms with E-state index in [-0.39, 0.29) is 24.1 Å². The van der Waals surface area contributed by atoms with Gasteiger partial charge in [0, 0.05) is 42.5 Å². The maximum Gasteiger partial charge on any atom is 0.257 e. The van der Waals surface area contributed by atoms with Crippen molar-refractivity contribution in [3.05, 3.63) is 42.4 Å². The molecule has 0 saturated heterocycles. The van der Waals surface area contributed by atoms with Crippen LogP contribution in [0.15, 0.2) is 36.8 Å². The van der Waals surface area contributed by atoms with Crippen molar-refractivity contribution in [2.45, 2.75) is 50.0 Å². The van der Waals surface area contributed by atoms with Gasteiger partial charge < -0.3 is 25.4 Å². The quantitative estimate of drug-likeness (QED) is 0.367. The summed E-state index contributed by atoms with van der Waals surface area (Å²) in [6.45, 7) is 0. The molecule has 2 fully saturated rings. The number of nitrogens with zero attached hydrogens (tertiary/aromatic N) is 5. The van der Waals surface area contributed by atoms with E-state index in [1.54, 1.807) is 17.8 Å². The summed E-state index contributed by atoms with van der Waals surface area (Å²) in [5.74, 6) is 0.398. The second kappa shape index (κ2) is 7.53. The Morgan fingerprint density at radius 2 is 2.06 bits per heavy atom. The van der Waals surface area contributed by atoms with Crippen molar-refractivity contribution in [1.82, 2.24) is 29.5 Å². The molecule has 2 atom stereocenters. The highest BCUT2D eigenvalue weighted by molar-refractivity contribution is 6.01. The van der Waals surface area contributed by atoms with Gasteiger partial charge in [0.2, 0.25) is 0 Å². The number of carbonyl (C=O) groups is 1. The molecule has 1 amide bonds. The average Bonchev–Trinajstić information content (AvgIpc) is 3.40. The van der Waals surface area contributed by atoms with Crippen molar-refractivity contribution < 1.29 is 15.0 Å². The lowest BCUT2D eigenvalue weighted by Gasteiger charge is -2.32. The molecule has 2 aliphatic rings. The van der Waals surface area contributed by atoms with Gasteiger partial charge in [-0.05, 0) is 37.8 Å². The third kappa shape index (κ3) is 3.17. The van der Waals surface area contributed by atoms with E-state index < -0.39 is 6.10 Å². The van der Waals surface area contributed by atoms with Crippen LogP contribution in [-0.4, -0.2) is 65.6 Å². The fraction of sp³-hybridized carbons (Fsp3) is 0.391. The number of hydrogen-bond donors (Lipinski definition) is 4. The van der Waals surface area contributed by atoms with Crippen molar-refractivity contribution in [2.24, 2.45) is 0 Å². The van der Waals surface area contributed by atoms with Crippen LogP contribution in [0, 0.1) is 0 Å². The number of anilines is 1. The highest BCUT2D eigenvalue weighted by Crippen LogP contribution is 2.38. The number of fused-ring (bicyclic) bond motifs is 2. The first-order valence-corrected chi connectivity index (χ1v) is 11.2. The summed E-state index contributed by atoms with van der Waals surface area (Å²) in [6, 6.07) is 5.77. The highest BCUT2D eigenvalue weighted by Gasteiger charge is 2.32. The number of hydrogen-bond acceptors (Lipinski definition) is 7. The summed E-state index contributed by atoms with van der Waals surface area (Å²) < 4.78 is 3.72. The van der Waals surface area contributed by atoms with Gasteiger partial charge in [-0.15, -0.1) is 0 Å². The van der Waals surface area contributed by atoms with E-state index in [0.717, 1.165) is 23.0 Å². The lowest BCUT2D eigenvalue weighted by atomic mass is 9.89. The van der Waals surface area contributed by atoms with Crippen molar-refractivity contribution in [1.29, 1.82) is 0 Å². The van der Waals surface area contributed by atoms with Crippen molar-refractivity contribution in [2.75, 3.05) is 12.4 Å². The first-order valence-electron chi connectivity index (χ1n) is 11.2.